The third kappa shape index (κ3) is 2.62. The average molecular weight is 260 g/mol. The topological polar surface area (TPSA) is 26.3 Å². The van der Waals surface area contributed by atoms with Crippen molar-refractivity contribution in [1.29, 1.82) is 0 Å². The van der Waals surface area contributed by atoms with E-state index in [1.165, 1.54) is 4.88 Å². The number of aryl methyl sites for hydroxylation is 1. The Bertz CT molecular complexity index is 529. The normalized spacial score (nSPS) is 10.3. The Labute approximate surface area is 111 Å². The predicted octanol–water partition coefficient (Wildman–Crippen LogP) is 4.15. The van der Waals surface area contributed by atoms with Crippen LogP contribution in [0, 0.1) is 0 Å². The molecule has 1 aromatic carbocycles. The molecule has 1 heterocycles. The molecular formula is C15H16O2S. The average Bonchev–Trinajstić information content (AvgIpc) is 2.84. The Kier molecular flexibility index (Phi) is 4.15. The van der Waals surface area contributed by atoms with Crippen molar-refractivity contribution in [2.75, 3.05) is 6.61 Å². The van der Waals surface area contributed by atoms with Crippen LogP contribution >= 0.6 is 11.3 Å². The highest BCUT2D eigenvalue weighted by Crippen LogP contribution is 2.33. The molecule has 0 atom stereocenters. The van der Waals surface area contributed by atoms with Crippen molar-refractivity contribution in [3.8, 4) is 10.4 Å². The Morgan fingerprint density at radius 3 is 2.56 bits per heavy atom. The lowest BCUT2D eigenvalue weighted by Gasteiger charge is -2.03. The second-order valence-corrected chi connectivity index (χ2v) is 5.03. The Morgan fingerprint density at radius 1 is 1.22 bits per heavy atom. The van der Waals surface area contributed by atoms with E-state index in [1.807, 2.05) is 43.3 Å². The zero-order chi connectivity index (χ0) is 13.0. The molecule has 0 N–H and O–H groups in total. The summed E-state index contributed by atoms with van der Waals surface area (Å²) in [5.41, 5.74) is 1.76. The van der Waals surface area contributed by atoms with Gasteiger partial charge in [-0.05, 0) is 25.0 Å². The molecule has 2 aromatic rings. The number of thiophene rings is 1. The molecule has 0 spiro atoms. The molecule has 3 heteroatoms. The van der Waals surface area contributed by atoms with Gasteiger partial charge < -0.3 is 4.74 Å². The number of ether oxygens (including phenoxy) is 1. The minimum absolute atomic E-state index is 0.229. The third-order valence-corrected chi connectivity index (χ3v) is 3.99. The van der Waals surface area contributed by atoms with E-state index in [0.29, 0.717) is 12.2 Å². The van der Waals surface area contributed by atoms with Crippen LogP contribution in [0.25, 0.3) is 10.4 Å². The predicted molar refractivity (Wildman–Crippen MR) is 75.1 cm³/mol. The van der Waals surface area contributed by atoms with Gasteiger partial charge in [-0.25, -0.2) is 4.79 Å². The first-order valence-electron chi connectivity index (χ1n) is 6.11. The Hall–Kier alpha value is -1.61. The first-order valence-corrected chi connectivity index (χ1v) is 6.93. The van der Waals surface area contributed by atoms with Crippen molar-refractivity contribution in [2.24, 2.45) is 0 Å². The van der Waals surface area contributed by atoms with Crippen molar-refractivity contribution in [3.63, 3.8) is 0 Å². The van der Waals surface area contributed by atoms with Gasteiger partial charge in [-0.3, -0.25) is 0 Å². The van der Waals surface area contributed by atoms with E-state index in [0.717, 1.165) is 16.9 Å². The molecule has 2 nitrogen and oxygen atoms in total. The number of rotatable bonds is 4. The summed E-state index contributed by atoms with van der Waals surface area (Å²) in [5.74, 6) is -0.229. The summed E-state index contributed by atoms with van der Waals surface area (Å²) in [7, 11) is 0. The van der Waals surface area contributed by atoms with Gasteiger partial charge in [-0.2, -0.15) is 0 Å². The summed E-state index contributed by atoms with van der Waals surface area (Å²) >= 11 is 1.67. The molecule has 0 aliphatic heterocycles. The summed E-state index contributed by atoms with van der Waals surface area (Å²) in [6, 6.07) is 11.9. The van der Waals surface area contributed by atoms with Crippen LogP contribution in [0.3, 0.4) is 0 Å². The van der Waals surface area contributed by atoms with Gasteiger partial charge in [0.15, 0.2) is 0 Å². The molecule has 18 heavy (non-hydrogen) atoms. The molecule has 0 fully saturated rings. The van der Waals surface area contributed by atoms with Gasteiger partial charge in [0.05, 0.1) is 12.2 Å². The maximum atomic E-state index is 12.0. The fraction of sp³-hybridized carbons (Fsp3) is 0.267. The fourth-order valence-electron chi connectivity index (χ4n) is 1.78. The van der Waals surface area contributed by atoms with Crippen LogP contribution in [-0.4, -0.2) is 12.6 Å². The molecule has 0 saturated carbocycles. The number of carbonyl (C=O) groups excluding carboxylic acids is 1. The van der Waals surface area contributed by atoms with Gasteiger partial charge >= 0.3 is 5.97 Å². The summed E-state index contributed by atoms with van der Waals surface area (Å²) in [6.07, 6.45) is 0.934. The lowest BCUT2D eigenvalue weighted by atomic mass is 10.1. The molecule has 94 valence electrons. The number of esters is 1. The van der Waals surface area contributed by atoms with Gasteiger partial charge in [0.1, 0.15) is 0 Å². The van der Waals surface area contributed by atoms with E-state index in [-0.39, 0.29) is 5.97 Å². The standard InChI is InChI=1S/C15H16O2S/c1-3-12-10-13(15(16)17-4-2)14(18-12)11-8-6-5-7-9-11/h5-10H,3-4H2,1-2H3. The highest BCUT2D eigenvalue weighted by Gasteiger charge is 2.17. The van der Waals surface area contributed by atoms with E-state index >= 15 is 0 Å². The number of hydrogen-bond donors (Lipinski definition) is 0. The number of benzene rings is 1. The van der Waals surface area contributed by atoms with Crippen molar-refractivity contribution >= 4 is 17.3 Å². The van der Waals surface area contributed by atoms with Crippen LogP contribution in [0.15, 0.2) is 36.4 Å². The molecule has 0 aliphatic carbocycles. The lowest BCUT2D eigenvalue weighted by molar-refractivity contribution is 0.0528. The Morgan fingerprint density at radius 2 is 1.94 bits per heavy atom. The van der Waals surface area contributed by atoms with E-state index in [1.54, 1.807) is 11.3 Å². The highest BCUT2D eigenvalue weighted by molar-refractivity contribution is 7.16. The quantitative estimate of drug-likeness (QED) is 0.772. The first-order chi connectivity index (χ1) is 8.76. The maximum absolute atomic E-state index is 12.0. The van der Waals surface area contributed by atoms with Gasteiger partial charge in [-0.15, -0.1) is 11.3 Å². The molecule has 0 aliphatic rings. The van der Waals surface area contributed by atoms with Crippen LogP contribution in [0.4, 0.5) is 0 Å². The maximum Gasteiger partial charge on any atom is 0.339 e. The summed E-state index contributed by atoms with van der Waals surface area (Å²) in [4.78, 5) is 14.2. The summed E-state index contributed by atoms with van der Waals surface area (Å²) in [6.45, 7) is 4.33. The van der Waals surface area contributed by atoms with Crippen LogP contribution in [-0.2, 0) is 11.2 Å². The van der Waals surface area contributed by atoms with Gasteiger partial charge in [0, 0.05) is 9.75 Å². The monoisotopic (exact) mass is 260 g/mol. The smallest absolute Gasteiger partial charge is 0.339 e. The second-order valence-electron chi connectivity index (χ2n) is 3.90. The van der Waals surface area contributed by atoms with E-state index in [2.05, 4.69) is 6.92 Å². The van der Waals surface area contributed by atoms with Crippen molar-refractivity contribution in [3.05, 3.63) is 46.8 Å². The zero-order valence-electron chi connectivity index (χ0n) is 10.6. The second kappa shape index (κ2) is 5.83. The summed E-state index contributed by atoms with van der Waals surface area (Å²) in [5, 5.41) is 0. The minimum atomic E-state index is -0.229. The van der Waals surface area contributed by atoms with Gasteiger partial charge in [-0.1, -0.05) is 37.3 Å². The van der Waals surface area contributed by atoms with Crippen molar-refractivity contribution < 1.29 is 9.53 Å². The third-order valence-electron chi connectivity index (χ3n) is 2.66. The summed E-state index contributed by atoms with van der Waals surface area (Å²) < 4.78 is 5.12. The van der Waals surface area contributed by atoms with E-state index < -0.39 is 0 Å². The molecule has 2 rings (SSSR count). The minimum Gasteiger partial charge on any atom is -0.462 e. The van der Waals surface area contributed by atoms with Crippen LogP contribution < -0.4 is 0 Å². The van der Waals surface area contributed by atoms with Crippen LogP contribution in [0.2, 0.25) is 0 Å². The van der Waals surface area contributed by atoms with Crippen LogP contribution in [0.5, 0.6) is 0 Å². The lowest BCUT2D eigenvalue weighted by Crippen LogP contribution is -2.04. The van der Waals surface area contributed by atoms with Crippen molar-refractivity contribution in [2.45, 2.75) is 20.3 Å². The van der Waals surface area contributed by atoms with Gasteiger partial charge in [0.2, 0.25) is 0 Å². The highest BCUT2D eigenvalue weighted by atomic mass is 32.1. The molecule has 1 aromatic heterocycles. The molecule has 0 amide bonds. The molecule has 0 unspecified atom stereocenters. The molecular weight excluding hydrogens is 244 g/mol. The first kappa shape index (κ1) is 12.8. The zero-order valence-corrected chi connectivity index (χ0v) is 11.4. The fourth-order valence-corrected chi connectivity index (χ4v) is 2.87. The molecule has 0 bridgehead atoms. The molecule has 0 radical (unpaired) electrons. The molecule has 0 saturated heterocycles. The van der Waals surface area contributed by atoms with E-state index in [4.69, 9.17) is 4.74 Å². The largest absolute Gasteiger partial charge is 0.462 e. The van der Waals surface area contributed by atoms with Crippen LogP contribution in [0.1, 0.15) is 29.1 Å². The Balaban J connectivity index is 2.45. The SMILES string of the molecule is CCOC(=O)c1cc(CC)sc1-c1ccccc1. The number of hydrogen-bond acceptors (Lipinski definition) is 3. The van der Waals surface area contributed by atoms with Gasteiger partial charge in [0.25, 0.3) is 0 Å². The van der Waals surface area contributed by atoms with Crippen molar-refractivity contribution in [1.82, 2.24) is 0 Å². The van der Waals surface area contributed by atoms with E-state index in [9.17, 15) is 4.79 Å². The number of carbonyl (C=O) groups is 1.